The normalized spacial score (nSPS) is 10.9. The van der Waals surface area contributed by atoms with Gasteiger partial charge in [0.15, 0.2) is 0 Å². The highest BCUT2D eigenvalue weighted by molar-refractivity contribution is 14.1. The molecule has 0 aliphatic heterocycles. The highest BCUT2D eigenvalue weighted by atomic mass is 127. The van der Waals surface area contributed by atoms with E-state index in [0.29, 0.717) is 5.69 Å². The van der Waals surface area contributed by atoms with Crippen LogP contribution in [0.3, 0.4) is 0 Å². The van der Waals surface area contributed by atoms with Crippen LogP contribution < -0.4 is 5.32 Å². The number of aromatic nitrogens is 2. The number of benzene rings is 1. The van der Waals surface area contributed by atoms with Gasteiger partial charge >= 0.3 is 0 Å². The standard InChI is InChI=1S/C14H11FIN3/c1-19-13(7-9-3-2-6-17-14(9)19)18-12-5-4-10(16)8-11(12)15/h2-8,18H,1H3. The highest BCUT2D eigenvalue weighted by Gasteiger charge is 2.08. The molecule has 0 unspecified atom stereocenters. The second kappa shape index (κ2) is 4.80. The largest absolute Gasteiger partial charge is 0.339 e. The van der Waals surface area contributed by atoms with E-state index >= 15 is 0 Å². The number of nitrogens with zero attached hydrogens (tertiary/aromatic N) is 2. The predicted molar refractivity (Wildman–Crippen MR) is 83.1 cm³/mol. The Morgan fingerprint density at radius 2 is 2.11 bits per heavy atom. The Hall–Kier alpha value is -1.63. The Bertz CT molecular complexity index is 752. The topological polar surface area (TPSA) is 29.9 Å². The number of anilines is 2. The fourth-order valence-corrected chi connectivity index (χ4v) is 2.46. The number of hydrogen-bond acceptors (Lipinski definition) is 2. The molecule has 0 amide bonds. The summed E-state index contributed by atoms with van der Waals surface area (Å²) in [5, 5.41) is 4.13. The summed E-state index contributed by atoms with van der Waals surface area (Å²) in [6.45, 7) is 0. The summed E-state index contributed by atoms with van der Waals surface area (Å²) in [5.41, 5.74) is 1.34. The van der Waals surface area contributed by atoms with Crippen LogP contribution in [0.25, 0.3) is 11.0 Å². The van der Waals surface area contributed by atoms with Crippen molar-refractivity contribution in [1.82, 2.24) is 9.55 Å². The van der Waals surface area contributed by atoms with Gasteiger partial charge in [-0.25, -0.2) is 9.37 Å². The van der Waals surface area contributed by atoms with Gasteiger partial charge in [-0.2, -0.15) is 0 Å². The third kappa shape index (κ3) is 2.30. The van der Waals surface area contributed by atoms with E-state index in [0.717, 1.165) is 20.4 Å². The van der Waals surface area contributed by atoms with E-state index in [1.54, 1.807) is 12.3 Å². The van der Waals surface area contributed by atoms with Crippen molar-refractivity contribution in [3.63, 3.8) is 0 Å². The number of rotatable bonds is 2. The third-order valence-corrected chi connectivity index (χ3v) is 3.65. The van der Waals surface area contributed by atoms with Crippen molar-refractivity contribution in [1.29, 1.82) is 0 Å². The van der Waals surface area contributed by atoms with Gasteiger partial charge in [-0.3, -0.25) is 0 Å². The monoisotopic (exact) mass is 367 g/mol. The number of halogens is 2. The van der Waals surface area contributed by atoms with E-state index in [-0.39, 0.29) is 5.82 Å². The van der Waals surface area contributed by atoms with Gasteiger partial charge in [-0.1, -0.05) is 0 Å². The fourth-order valence-electron chi connectivity index (χ4n) is 2.01. The number of aryl methyl sites for hydroxylation is 1. The summed E-state index contributed by atoms with van der Waals surface area (Å²) in [6, 6.07) is 10.9. The minimum atomic E-state index is -0.259. The number of fused-ring (bicyclic) bond motifs is 1. The minimum absolute atomic E-state index is 0.259. The summed E-state index contributed by atoms with van der Waals surface area (Å²) in [6.07, 6.45) is 1.75. The molecule has 19 heavy (non-hydrogen) atoms. The molecule has 0 aliphatic carbocycles. The molecule has 0 spiro atoms. The van der Waals surface area contributed by atoms with Gasteiger partial charge in [0.25, 0.3) is 0 Å². The predicted octanol–water partition coefficient (Wildman–Crippen LogP) is 4.06. The van der Waals surface area contributed by atoms with E-state index < -0.39 is 0 Å². The van der Waals surface area contributed by atoms with Crippen molar-refractivity contribution in [3.05, 3.63) is 52.0 Å². The molecule has 0 aliphatic rings. The van der Waals surface area contributed by atoms with E-state index in [4.69, 9.17) is 0 Å². The zero-order valence-electron chi connectivity index (χ0n) is 10.2. The SMILES string of the molecule is Cn1c(Nc2ccc(I)cc2F)cc2cccnc21. The summed E-state index contributed by atoms with van der Waals surface area (Å²) < 4.78 is 16.6. The maximum atomic E-state index is 13.8. The lowest BCUT2D eigenvalue weighted by Crippen LogP contribution is -2.00. The molecule has 5 heteroatoms. The first-order valence-electron chi connectivity index (χ1n) is 5.77. The molecular weight excluding hydrogens is 356 g/mol. The Morgan fingerprint density at radius 1 is 1.26 bits per heavy atom. The first-order valence-corrected chi connectivity index (χ1v) is 6.85. The first-order chi connectivity index (χ1) is 9.15. The second-order valence-corrected chi connectivity index (χ2v) is 5.50. The zero-order chi connectivity index (χ0) is 13.4. The van der Waals surface area contributed by atoms with Gasteiger partial charge in [0.1, 0.15) is 17.3 Å². The van der Waals surface area contributed by atoms with E-state index in [1.165, 1.54) is 6.07 Å². The lowest BCUT2D eigenvalue weighted by atomic mass is 10.3. The lowest BCUT2D eigenvalue weighted by Gasteiger charge is -2.08. The number of nitrogens with one attached hydrogen (secondary N) is 1. The van der Waals surface area contributed by atoms with Gasteiger partial charge in [0.2, 0.25) is 0 Å². The molecule has 0 atom stereocenters. The van der Waals surface area contributed by atoms with Crippen molar-refractivity contribution >= 4 is 45.1 Å². The molecule has 0 bridgehead atoms. The highest BCUT2D eigenvalue weighted by Crippen LogP contribution is 2.25. The van der Waals surface area contributed by atoms with Crippen molar-refractivity contribution in [2.45, 2.75) is 0 Å². The molecule has 0 saturated heterocycles. The molecule has 0 fully saturated rings. The molecule has 2 heterocycles. The Balaban J connectivity index is 2.03. The second-order valence-electron chi connectivity index (χ2n) is 4.25. The summed E-state index contributed by atoms with van der Waals surface area (Å²) in [7, 11) is 1.91. The van der Waals surface area contributed by atoms with E-state index in [9.17, 15) is 4.39 Å². The van der Waals surface area contributed by atoms with Crippen LogP contribution in [0.4, 0.5) is 15.9 Å². The molecular formula is C14H11FIN3. The van der Waals surface area contributed by atoms with Gasteiger partial charge in [-0.05, 0) is 59.0 Å². The van der Waals surface area contributed by atoms with Crippen LogP contribution in [0.2, 0.25) is 0 Å². The zero-order valence-corrected chi connectivity index (χ0v) is 12.3. The van der Waals surface area contributed by atoms with Crippen LogP contribution >= 0.6 is 22.6 Å². The molecule has 1 aromatic carbocycles. The average Bonchev–Trinajstić information content (AvgIpc) is 2.70. The van der Waals surface area contributed by atoms with Crippen molar-refractivity contribution in [3.8, 4) is 0 Å². The van der Waals surface area contributed by atoms with Crippen LogP contribution in [0.5, 0.6) is 0 Å². The maximum absolute atomic E-state index is 13.8. The van der Waals surface area contributed by atoms with Crippen LogP contribution in [-0.4, -0.2) is 9.55 Å². The maximum Gasteiger partial charge on any atom is 0.147 e. The molecule has 0 radical (unpaired) electrons. The molecule has 3 rings (SSSR count). The van der Waals surface area contributed by atoms with Crippen LogP contribution in [0.1, 0.15) is 0 Å². The van der Waals surface area contributed by atoms with Gasteiger partial charge in [-0.15, -0.1) is 0 Å². The van der Waals surface area contributed by atoms with Crippen molar-refractivity contribution in [2.75, 3.05) is 5.32 Å². The van der Waals surface area contributed by atoms with Gasteiger partial charge < -0.3 is 9.88 Å². The summed E-state index contributed by atoms with van der Waals surface area (Å²) in [5.74, 6) is 0.555. The fraction of sp³-hybridized carbons (Fsp3) is 0.0714. The smallest absolute Gasteiger partial charge is 0.147 e. The van der Waals surface area contributed by atoms with Gasteiger partial charge in [0.05, 0.1) is 5.69 Å². The lowest BCUT2D eigenvalue weighted by molar-refractivity contribution is 0.630. The van der Waals surface area contributed by atoms with E-state index in [2.05, 4.69) is 32.9 Å². The molecule has 3 nitrogen and oxygen atoms in total. The molecule has 0 saturated carbocycles. The third-order valence-electron chi connectivity index (χ3n) is 2.98. The van der Waals surface area contributed by atoms with Crippen LogP contribution in [-0.2, 0) is 7.05 Å². The van der Waals surface area contributed by atoms with Crippen molar-refractivity contribution in [2.24, 2.45) is 7.05 Å². The minimum Gasteiger partial charge on any atom is -0.339 e. The van der Waals surface area contributed by atoms with Gasteiger partial charge in [0, 0.05) is 22.2 Å². The summed E-state index contributed by atoms with van der Waals surface area (Å²) >= 11 is 2.09. The Labute approximate surface area is 123 Å². The van der Waals surface area contributed by atoms with Crippen molar-refractivity contribution < 1.29 is 4.39 Å². The quantitative estimate of drug-likeness (QED) is 0.693. The molecule has 1 N–H and O–H groups in total. The number of hydrogen-bond donors (Lipinski definition) is 1. The average molecular weight is 367 g/mol. The number of pyridine rings is 1. The Kier molecular flexibility index (Phi) is 3.14. The first kappa shape index (κ1) is 12.4. The molecule has 2 aromatic heterocycles. The van der Waals surface area contributed by atoms with Crippen LogP contribution in [0, 0.1) is 9.39 Å². The van der Waals surface area contributed by atoms with Crippen LogP contribution in [0.15, 0.2) is 42.6 Å². The molecule has 96 valence electrons. The summed E-state index contributed by atoms with van der Waals surface area (Å²) in [4.78, 5) is 4.31. The molecule has 3 aromatic rings. The Morgan fingerprint density at radius 3 is 2.84 bits per heavy atom. The van der Waals surface area contributed by atoms with E-state index in [1.807, 2.05) is 35.9 Å².